The first-order valence-electron chi connectivity index (χ1n) is 8.45. The van der Waals surface area contributed by atoms with Crippen LogP contribution in [0.1, 0.15) is 6.92 Å². The van der Waals surface area contributed by atoms with Gasteiger partial charge < -0.3 is 54.9 Å². The summed E-state index contributed by atoms with van der Waals surface area (Å²) in [4.78, 5) is 11.3. The number of methoxy groups -OCH3 is 1. The smallest absolute Gasteiger partial charge is 0.217 e. The Labute approximate surface area is 155 Å². The van der Waals surface area contributed by atoms with Crippen LogP contribution >= 0.6 is 0 Å². The number of nitrogens with one attached hydrogen (secondary N) is 1. The summed E-state index contributed by atoms with van der Waals surface area (Å²) in [6.45, 7) is -0.0678. The first kappa shape index (κ1) is 22.4. The number of ether oxygens (including phenoxy) is 4. The zero-order valence-electron chi connectivity index (χ0n) is 14.9. The zero-order valence-corrected chi connectivity index (χ0v) is 14.9. The van der Waals surface area contributed by atoms with E-state index in [0.717, 1.165) is 0 Å². The summed E-state index contributed by atoms with van der Waals surface area (Å²) < 4.78 is 21.3. The second-order valence-corrected chi connectivity index (χ2v) is 6.47. The Balaban J connectivity index is 2.21. The van der Waals surface area contributed by atoms with Crippen molar-refractivity contribution in [2.45, 2.75) is 68.3 Å². The van der Waals surface area contributed by atoms with E-state index in [0.29, 0.717) is 0 Å². The molecular weight excluding hydrogens is 370 g/mol. The van der Waals surface area contributed by atoms with Crippen LogP contribution in [0.15, 0.2) is 0 Å². The number of aliphatic hydroxyl groups is 6. The van der Waals surface area contributed by atoms with Gasteiger partial charge in [0.1, 0.15) is 48.8 Å². The van der Waals surface area contributed by atoms with Crippen molar-refractivity contribution in [2.75, 3.05) is 20.3 Å². The highest BCUT2D eigenvalue weighted by Gasteiger charge is 2.51. The average molecular weight is 397 g/mol. The monoisotopic (exact) mass is 397 g/mol. The van der Waals surface area contributed by atoms with Gasteiger partial charge in [0.2, 0.25) is 5.91 Å². The van der Waals surface area contributed by atoms with Crippen molar-refractivity contribution in [3.05, 3.63) is 0 Å². The second kappa shape index (κ2) is 9.52. The lowest BCUT2D eigenvalue weighted by Gasteiger charge is -2.46. The molecule has 12 heteroatoms. The normalized spacial score (nSPS) is 45.5. The molecule has 2 heterocycles. The van der Waals surface area contributed by atoms with Crippen LogP contribution in [0.2, 0.25) is 0 Å². The second-order valence-electron chi connectivity index (χ2n) is 6.47. The minimum Gasteiger partial charge on any atom is -0.394 e. The van der Waals surface area contributed by atoms with E-state index in [1.54, 1.807) is 0 Å². The van der Waals surface area contributed by atoms with Gasteiger partial charge in [-0.25, -0.2) is 0 Å². The third-order valence-corrected chi connectivity index (χ3v) is 4.63. The lowest BCUT2D eigenvalue weighted by molar-refractivity contribution is -0.347. The quantitative estimate of drug-likeness (QED) is 0.228. The van der Waals surface area contributed by atoms with Crippen LogP contribution in [0.4, 0.5) is 0 Å². The molecule has 0 bridgehead atoms. The summed E-state index contributed by atoms with van der Waals surface area (Å²) in [6.07, 6.45) is -12.2. The molecule has 2 rings (SSSR count). The van der Waals surface area contributed by atoms with Crippen LogP contribution in [0.3, 0.4) is 0 Å². The number of aliphatic hydroxyl groups excluding tert-OH is 6. The van der Waals surface area contributed by atoms with Crippen molar-refractivity contribution in [1.82, 2.24) is 5.32 Å². The van der Waals surface area contributed by atoms with Gasteiger partial charge in [-0.1, -0.05) is 0 Å². The van der Waals surface area contributed by atoms with Gasteiger partial charge in [-0.2, -0.15) is 0 Å². The summed E-state index contributed by atoms with van der Waals surface area (Å²) >= 11 is 0. The third-order valence-electron chi connectivity index (χ3n) is 4.63. The molecule has 27 heavy (non-hydrogen) atoms. The average Bonchev–Trinajstić information content (AvgIpc) is 2.63. The Morgan fingerprint density at radius 2 is 1.59 bits per heavy atom. The van der Waals surface area contributed by atoms with Gasteiger partial charge in [0.15, 0.2) is 12.6 Å². The Kier molecular flexibility index (Phi) is 7.88. The van der Waals surface area contributed by atoms with Gasteiger partial charge >= 0.3 is 0 Å². The summed E-state index contributed by atoms with van der Waals surface area (Å²) in [7, 11) is 1.24. The minimum absolute atomic E-state index is 0.537. The van der Waals surface area contributed by atoms with Crippen molar-refractivity contribution in [1.29, 1.82) is 0 Å². The molecule has 7 N–H and O–H groups in total. The van der Waals surface area contributed by atoms with E-state index < -0.39 is 80.5 Å². The van der Waals surface area contributed by atoms with Crippen LogP contribution in [-0.2, 0) is 23.7 Å². The van der Waals surface area contributed by atoms with E-state index in [4.69, 9.17) is 18.9 Å². The Morgan fingerprint density at radius 1 is 0.963 bits per heavy atom. The highest BCUT2D eigenvalue weighted by molar-refractivity contribution is 5.73. The molecule has 0 aromatic carbocycles. The Bertz CT molecular complexity index is 494. The molecule has 0 saturated carbocycles. The fourth-order valence-electron chi connectivity index (χ4n) is 3.21. The SMILES string of the molecule is CO[C@H]1[C@H](O[C@H]2[C@H](O)[C@@H](NC(C)=O)[C@H](O)O[C@@H]2CO)O[C@H](CO)[C@H](O)[C@@H]1O. The maximum absolute atomic E-state index is 11.3. The van der Waals surface area contributed by atoms with E-state index in [2.05, 4.69) is 5.32 Å². The molecular formula is C15H27NO11. The van der Waals surface area contributed by atoms with E-state index in [1.165, 1.54) is 14.0 Å². The van der Waals surface area contributed by atoms with Crippen LogP contribution in [0.25, 0.3) is 0 Å². The summed E-state index contributed by atoms with van der Waals surface area (Å²) in [5.41, 5.74) is 0. The minimum atomic E-state index is -1.59. The Morgan fingerprint density at radius 3 is 2.11 bits per heavy atom. The first-order chi connectivity index (χ1) is 12.7. The molecule has 0 aromatic rings. The van der Waals surface area contributed by atoms with Crippen molar-refractivity contribution in [2.24, 2.45) is 0 Å². The molecule has 1 amide bonds. The number of hydrogen-bond acceptors (Lipinski definition) is 11. The van der Waals surface area contributed by atoms with Crippen molar-refractivity contribution in [3.8, 4) is 0 Å². The van der Waals surface area contributed by atoms with E-state index in [1.807, 2.05) is 0 Å². The number of amides is 1. The predicted molar refractivity (Wildman–Crippen MR) is 85.0 cm³/mol. The molecule has 2 fully saturated rings. The van der Waals surface area contributed by atoms with Crippen molar-refractivity contribution >= 4 is 5.91 Å². The molecule has 158 valence electrons. The topological polar surface area (TPSA) is 187 Å². The Hall–Kier alpha value is -0.930. The van der Waals surface area contributed by atoms with Gasteiger partial charge in [-0.15, -0.1) is 0 Å². The maximum Gasteiger partial charge on any atom is 0.217 e. The summed E-state index contributed by atoms with van der Waals surface area (Å²) in [5, 5.41) is 61.7. The standard InChI is InChI=1S/C15H27NO11/c1-5(19)16-8-10(21)12(7(4-18)25-14(8)23)27-15-13(24-2)11(22)9(20)6(3-17)26-15/h6-15,17-18,20-23H,3-4H2,1-2H3,(H,16,19)/t6-,7-,8-,9+,10-,11+,12-,13-,14-,15+/m1/s1. The predicted octanol–water partition coefficient (Wildman–Crippen LogP) is -4.60. The molecule has 2 aliphatic heterocycles. The van der Waals surface area contributed by atoms with Gasteiger partial charge in [0, 0.05) is 14.0 Å². The van der Waals surface area contributed by atoms with E-state index in [-0.39, 0.29) is 0 Å². The first-order valence-corrected chi connectivity index (χ1v) is 8.45. The van der Waals surface area contributed by atoms with Gasteiger partial charge in [-0.05, 0) is 0 Å². The highest BCUT2D eigenvalue weighted by Crippen LogP contribution is 2.29. The molecule has 2 aliphatic rings. The number of carbonyl (C=O) groups excluding carboxylic acids is 1. The van der Waals surface area contributed by atoms with Gasteiger partial charge in [0.25, 0.3) is 0 Å². The molecule has 0 radical (unpaired) electrons. The fraction of sp³-hybridized carbons (Fsp3) is 0.933. The van der Waals surface area contributed by atoms with Gasteiger partial charge in [0.05, 0.1) is 13.2 Å². The highest BCUT2D eigenvalue weighted by atomic mass is 16.7. The molecule has 12 nitrogen and oxygen atoms in total. The van der Waals surface area contributed by atoms with Crippen LogP contribution in [0.5, 0.6) is 0 Å². The van der Waals surface area contributed by atoms with E-state index >= 15 is 0 Å². The lowest BCUT2D eigenvalue weighted by Crippen LogP contribution is -2.67. The van der Waals surface area contributed by atoms with Gasteiger partial charge in [-0.3, -0.25) is 4.79 Å². The summed E-state index contributed by atoms with van der Waals surface area (Å²) in [5.74, 6) is -0.537. The number of carbonyl (C=O) groups is 1. The zero-order chi connectivity index (χ0) is 20.3. The van der Waals surface area contributed by atoms with Crippen LogP contribution in [-0.4, -0.2) is 118 Å². The van der Waals surface area contributed by atoms with Crippen LogP contribution < -0.4 is 5.32 Å². The molecule has 10 atom stereocenters. The lowest BCUT2D eigenvalue weighted by atomic mass is 9.95. The maximum atomic E-state index is 11.3. The molecule has 2 saturated heterocycles. The third kappa shape index (κ3) is 4.74. The van der Waals surface area contributed by atoms with E-state index in [9.17, 15) is 35.4 Å². The molecule has 0 spiro atoms. The van der Waals surface area contributed by atoms with Crippen molar-refractivity contribution < 1.29 is 54.4 Å². The van der Waals surface area contributed by atoms with Crippen LogP contribution in [0, 0.1) is 0 Å². The molecule has 0 aliphatic carbocycles. The van der Waals surface area contributed by atoms with Crippen molar-refractivity contribution in [3.63, 3.8) is 0 Å². The summed E-state index contributed by atoms with van der Waals surface area (Å²) in [6, 6.07) is -1.25. The largest absolute Gasteiger partial charge is 0.394 e. The molecule has 0 aromatic heterocycles. The molecule has 0 unspecified atom stereocenters. The number of rotatable bonds is 6. The number of hydrogen-bond donors (Lipinski definition) is 7. The fourth-order valence-corrected chi connectivity index (χ4v) is 3.21.